The van der Waals surface area contributed by atoms with E-state index >= 15 is 0 Å². The number of halogens is 2. The molecule has 3 nitrogen and oxygen atoms in total. The first-order valence-electron chi connectivity index (χ1n) is 5.90. The average molecular weight is 378 g/mol. The Hall–Kier alpha value is -0.390. The summed E-state index contributed by atoms with van der Waals surface area (Å²) < 4.78 is 1.66. The predicted octanol–water partition coefficient (Wildman–Crippen LogP) is 3.31. The first-order valence-corrected chi connectivity index (χ1v) is 7.48. The third-order valence-electron chi connectivity index (χ3n) is 2.55. The molecule has 1 aromatic carbocycles. The van der Waals surface area contributed by atoms with Crippen molar-refractivity contribution in [3.8, 4) is 0 Å². The van der Waals surface area contributed by atoms with E-state index in [1.165, 1.54) is 0 Å². The largest absolute Gasteiger partial charge is 0.348 e. The van der Waals surface area contributed by atoms with Gasteiger partial charge in [0.1, 0.15) is 0 Å². The van der Waals surface area contributed by atoms with Crippen molar-refractivity contribution in [2.45, 2.75) is 26.3 Å². The van der Waals surface area contributed by atoms with Gasteiger partial charge in [-0.15, -0.1) is 0 Å². The maximum absolute atomic E-state index is 12.2. The Balaban J connectivity index is 2.77. The Labute approximate surface area is 125 Å². The Morgan fingerprint density at radius 1 is 1.39 bits per heavy atom. The van der Waals surface area contributed by atoms with Crippen LogP contribution in [-0.4, -0.2) is 18.5 Å². The lowest BCUT2D eigenvalue weighted by Gasteiger charge is -2.19. The molecule has 1 unspecified atom stereocenters. The quantitative estimate of drug-likeness (QED) is 0.826. The smallest absolute Gasteiger partial charge is 0.252 e. The van der Waals surface area contributed by atoms with Crippen LogP contribution in [0.3, 0.4) is 0 Å². The van der Waals surface area contributed by atoms with E-state index in [1.54, 1.807) is 6.07 Å². The van der Waals surface area contributed by atoms with Crippen molar-refractivity contribution in [3.05, 3.63) is 32.7 Å². The van der Waals surface area contributed by atoms with Crippen molar-refractivity contribution >= 4 is 37.8 Å². The molecule has 3 N–H and O–H groups in total. The number of rotatable bonds is 5. The minimum atomic E-state index is -0.0979. The van der Waals surface area contributed by atoms with Crippen LogP contribution in [0.15, 0.2) is 27.1 Å². The molecule has 100 valence electrons. The zero-order valence-electron chi connectivity index (χ0n) is 10.5. The Kier molecular flexibility index (Phi) is 6.32. The van der Waals surface area contributed by atoms with Gasteiger partial charge in [-0.05, 0) is 46.5 Å². The van der Waals surface area contributed by atoms with Gasteiger partial charge in [0, 0.05) is 21.5 Å². The second-order valence-corrected chi connectivity index (χ2v) is 6.43. The molecule has 0 aliphatic heterocycles. The molecular formula is C13H18Br2N2O. The van der Waals surface area contributed by atoms with Gasteiger partial charge in [-0.25, -0.2) is 0 Å². The van der Waals surface area contributed by atoms with Crippen molar-refractivity contribution in [1.29, 1.82) is 0 Å². The number of carbonyl (C=O) groups is 1. The van der Waals surface area contributed by atoms with Gasteiger partial charge in [0.05, 0.1) is 5.56 Å². The maximum atomic E-state index is 12.2. The standard InChI is InChI=1S/C13H18Br2N2O/c1-8(2)5-10(7-16)17-13(18)11-6-9(14)3-4-12(11)15/h3-4,6,8,10H,5,7,16H2,1-2H3,(H,17,18). The third-order valence-corrected chi connectivity index (χ3v) is 3.73. The molecule has 0 aliphatic carbocycles. The molecule has 0 radical (unpaired) electrons. The number of amides is 1. The molecule has 1 amide bonds. The second-order valence-electron chi connectivity index (χ2n) is 4.66. The van der Waals surface area contributed by atoms with Gasteiger partial charge in [-0.3, -0.25) is 4.79 Å². The fourth-order valence-corrected chi connectivity index (χ4v) is 2.51. The summed E-state index contributed by atoms with van der Waals surface area (Å²) in [7, 11) is 0. The van der Waals surface area contributed by atoms with Gasteiger partial charge >= 0.3 is 0 Å². The lowest BCUT2D eigenvalue weighted by molar-refractivity contribution is 0.0933. The minimum Gasteiger partial charge on any atom is -0.348 e. The summed E-state index contributed by atoms with van der Waals surface area (Å²) in [4.78, 5) is 12.2. The topological polar surface area (TPSA) is 55.1 Å². The van der Waals surface area contributed by atoms with Gasteiger partial charge in [0.2, 0.25) is 0 Å². The molecular weight excluding hydrogens is 360 g/mol. The average Bonchev–Trinajstić information content (AvgIpc) is 2.30. The predicted molar refractivity (Wildman–Crippen MR) is 81.6 cm³/mol. The summed E-state index contributed by atoms with van der Waals surface area (Å²) in [6.07, 6.45) is 0.883. The van der Waals surface area contributed by atoms with Crippen LogP contribution in [0.1, 0.15) is 30.6 Å². The van der Waals surface area contributed by atoms with Crippen LogP contribution in [-0.2, 0) is 0 Å². The Bertz CT molecular complexity index is 421. The first-order chi connectivity index (χ1) is 8.43. The number of nitrogens with two attached hydrogens (primary N) is 1. The summed E-state index contributed by atoms with van der Waals surface area (Å²) in [6, 6.07) is 5.54. The van der Waals surface area contributed by atoms with Crippen molar-refractivity contribution in [1.82, 2.24) is 5.32 Å². The number of nitrogens with one attached hydrogen (secondary N) is 1. The van der Waals surface area contributed by atoms with E-state index in [2.05, 4.69) is 51.0 Å². The van der Waals surface area contributed by atoms with E-state index < -0.39 is 0 Å². The monoisotopic (exact) mass is 376 g/mol. The lowest BCUT2D eigenvalue weighted by atomic mass is 10.0. The van der Waals surface area contributed by atoms with E-state index in [4.69, 9.17) is 5.73 Å². The second kappa shape index (κ2) is 7.26. The fourth-order valence-electron chi connectivity index (χ4n) is 1.72. The van der Waals surface area contributed by atoms with Crippen molar-refractivity contribution in [3.63, 3.8) is 0 Å². The van der Waals surface area contributed by atoms with E-state index in [-0.39, 0.29) is 11.9 Å². The molecule has 1 aromatic rings. The van der Waals surface area contributed by atoms with Crippen molar-refractivity contribution in [2.75, 3.05) is 6.54 Å². The SMILES string of the molecule is CC(C)CC(CN)NC(=O)c1cc(Br)ccc1Br. The normalized spacial score (nSPS) is 12.6. The molecule has 0 aliphatic rings. The van der Waals surface area contributed by atoms with Gasteiger partial charge in [0.25, 0.3) is 5.91 Å². The van der Waals surface area contributed by atoms with Crippen LogP contribution in [0.2, 0.25) is 0 Å². The molecule has 0 heterocycles. The van der Waals surface area contributed by atoms with Crippen LogP contribution in [0.25, 0.3) is 0 Å². The number of hydrogen-bond acceptors (Lipinski definition) is 2. The van der Waals surface area contributed by atoms with Crippen LogP contribution >= 0.6 is 31.9 Å². The first kappa shape index (κ1) is 15.7. The Morgan fingerprint density at radius 3 is 2.61 bits per heavy atom. The highest BCUT2D eigenvalue weighted by molar-refractivity contribution is 9.11. The number of carbonyl (C=O) groups excluding carboxylic acids is 1. The van der Waals surface area contributed by atoms with E-state index in [1.807, 2.05) is 12.1 Å². The zero-order chi connectivity index (χ0) is 13.7. The molecule has 5 heteroatoms. The van der Waals surface area contributed by atoms with E-state index in [9.17, 15) is 4.79 Å². The van der Waals surface area contributed by atoms with Gasteiger partial charge in [0.15, 0.2) is 0 Å². The van der Waals surface area contributed by atoms with Gasteiger partial charge < -0.3 is 11.1 Å². The zero-order valence-corrected chi connectivity index (χ0v) is 13.7. The van der Waals surface area contributed by atoms with Crippen LogP contribution in [0, 0.1) is 5.92 Å². The highest BCUT2D eigenvalue weighted by Crippen LogP contribution is 2.21. The van der Waals surface area contributed by atoms with Gasteiger partial charge in [-0.1, -0.05) is 29.8 Å². The lowest BCUT2D eigenvalue weighted by Crippen LogP contribution is -2.41. The molecule has 0 aromatic heterocycles. The Morgan fingerprint density at radius 2 is 2.06 bits per heavy atom. The molecule has 0 saturated carbocycles. The minimum absolute atomic E-state index is 0.0170. The molecule has 1 atom stereocenters. The molecule has 0 bridgehead atoms. The van der Waals surface area contributed by atoms with Crippen molar-refractivity contribution in [2.24, 2.45) is 11.7 Å². The number of hydrogen-bond donors (Lipinski definition) is 2. The van der Waals surface area contributed by atoms with Crippen LogP contribution < -0.4 is 11.1 Å². The van der Waals surface area contributed by atoms with Gasteiger partial charge in [-0.2, -0.15) is 0 Å². The van der Waals surface area contributed by atoms with Crippen molar-refractivity contribution < 1.29 is 4.79 Å². The maximum Gasteiger partial charge on any atom is 0.252 e. The summed E-state index contributed by atoms with van der Waals surface area (Å²) in [6.45, 7) is 4.68. The molecule has 0 saturated heterocycles. The summed E-state index contributed by atoms with van der Waals surface area (Å²) in [5, 5.41) is 2.97. The van der Waals surface area contributed by atoms with E-state index in [0.717, 1.165) is 15.4 Å². The highest BCUT2D eigenvalue weighted by atomic mass is 79.9. The highest BCUT2D eigenvalue weighted by Gasteiger charge is 2.16. The summed E-state index contributed by atoms with van der Waals surface area (Å²) in [5.41, 5.74) is 6.30. The number of benzene rings is 1. The summed E-state index contributed by atoms with van der Waals surface area (Å²) >= 11 is 6.74. The van der Waals surface area contributed by atoms with Crippen LogP contribution in [0.4, 0.5) is 0 Å². The summed E-state index contributed by atoms with van der Waals surface area (Å²) in [5.74, 6) is 0.407. The van der Waals surface area contributed by atoms with Crippen LogP contribution in [0.5, 0.6) is 0 Å². The molecule has 18 heavy (non-hydrogen) atoms. The molecule has 0 fully saturated rings. The fraction of sp³-hybridized carbons (Fsp3) is 0.462. The molecule has 0 spiro atoms. The molecule has 1 rings (SSSR count). The third kappa shape index (κ3) is 4.71. The van der Waals surface area contributed by atoms with E-state index in [0.29, 0.717) is 18.0 Å².